The number of anilines is 2. The molecule has 2 aliphatic rings. The van der Waals surface area contributed by atoms with Crippen LogP contribution in [0.1, 0.15) is 54.4 Å². The van der Waals surface area contributed by atoms with Crippen LogP contribution in [0, 0.1) is 5.92 Å². The number of nitrogens with one attached hydrogen (secondary N) is 3. The largest absolute Gasteiger partial charge is 0.325 e. The zero-order valence-corrected chi connectivity index (χ0v) is 21.6. The molecule has 36 heavy (non-hydrogen) atoms. The van der Waals surface area contributed by atoms with E-state index in [0.29, 0.717) is 23.3 Å². The first kappa shape index (κ1) is 23.1. The number of aromatic amines is 1. The topological polar surface area (TPSA) is 117 Å². The van der Waals surface area contributed by atoms with Crippen molar-refractivity contribution in [1.82, 2.24) is 15.0 Å². The highest BCUT2D eigenvalue weighted by Crippen LogP contribution is 2.37. The highest BCUT2D eigenvalue weighted by Gasteiger charge is 2.27. The van der Waals surface area contributed by atoms with Gasteiger partial charge in [0, 0.05) is 34.3 Å². The standard InChI is InChI=1S/C26H25N5O3S2/c1-12-3-5-15-19(9-12)36-25-22(15)24(34)29-20(30-25)7-8-21(32)31-26-28-18(11-35-26)14-4-6-17-16(10-14)13(2)23(33)27-17/h4,6,10-13H,3,5,7-9H2,1-2H3,(H,27,33)(H,28,31,32)(H,29,30,34). The summed E-state index contributed by atoms with van der Waals surface area (Å²) in [4.78, 5) is 51.5. The molecule has 1 aliphatic heterocycles. The van der Waals surface area contributed by atoms with Gasteiger partial charge in [0.25, 0.3) is 5.56 Å². The van der Waals surface area contributed by atoms with Crippen molar-refractivity contribution < 1.29 is 9.59 Å². The average Bonchev–Trinajstić information content (AvgIpc) is 3.53. The van der Waals surface area contributed by atoms with Gasteiger partial charge in [-0.2, -0.15) is 0 Å². The SMILES string of the molecule is CC1CCc2c(sc3nc(CCC(=O)Nc4nc(-c5ccc6c(c5)C(C)C(=O)N6)cs4)[nH]c(=O)c23)C1. The van der Waals surface area contributed by atoms with Gasteiger partial charge >= 0.3 is 0 Å². The van der Waals surface area contributed by atoms with Crippen molar-refractivity contribution in [3.63, 3.8) is 0 Å². The molecule has 0 fully saturated rings. The van der Waals surface area contributed by atoms with E-state index in [9.17, 15) is 14.4 Å². The molecule has 3 aromatic heterocycles. The second-order valence-electron chi connectivity index (χ2n) is 9.64. The first-order valence-electron chi connectivity index (χ1n) is 12.1. The summed E-state index contributed by atoms with van der Waals surface area (Å²) in [7, 11) is 0. The van der Waals surface area contributed by atoms with Crippen LogP contribution >= 0.6 is 22.7 Å². The summed E-state index contributed by atoms with van der Waals surface area (Å²) < 4.78 is 0. The quantitative estimate of drug-likeness (QED) is 0.348. The number of nitrogens with zero attached hydrogens (tertiary/aromatic N) is 2. The zero-order valence-electron chi connectivity index (χ0n) is 19.9. The van der Waals surface area contributed by atoms with E-state index in [-0.39, 0.29) is 29.7 Å². The van der Waals surface area contributed by atoms with Crippen LogP contribution in [-0.2, 0) is 28.9 Å². The minimum Gasteiger partial charge on any atom is -0.325 e. The number of thiazole rings is 1. The van der Waals surface area contributed by atoms with Crippen molar-refractivity contribution >= 4 is 55.5 Å². The number of carbonyl (C=O) groups excluding carboxylic acids is 2. The predicted octanol–water partition coefficient (Wildman–Crippen LogP) is 4.86. The van der Waals surface area contributed by atoms with E-state index in [1.807, 2.05) is 30.5 Å². The minimum atomic E-state index is -0.194. The fourth-order valence-corrected chi connectivity index (χ4v) is 7.10. The molecule has 0 spiro atoms. The highest BCUT2D eigenvalue weighted by molar-refractivity contribution is 7.18. The fraction of sp³-hybridized carbons (Fsp3) is 0.346. The number of benzene rings is 1. The number of fused-ring (bicyclic) bond motifs is 4. The molecule has 4 aromatic rings. The molecular weight excluding hydrogens is 494 g/mol. The molecule has 0 saturated carbocycles. The molecule has 8 nitrogen and oxygen atoms in total. The Balaban J connectivity index is 1.12. The highest BCUT2D eigenvalue weighted by atomic mass is 32.1. The number of H-pyrrole nitrogens is 1. The Bertz CT molecular complexity index is 1580. The van der Waals surface area contributed by atoms with Crippen LogP contribution in [0.25, 0.3) is 21.5 Å². The smallest absolute Gasteiger partial charge is 0.259 e. The van der Waals surface area contributed by atoms with Gasteiger partial charge in [0.15, 0.2) is 5.13 Å². The minimum absolute atomic E-state index is 0.00311. The van der Waals surface area contributed by atoms with Gasteiger partial charge in [-0.3, -0.25) is 14.4 Å². The molecule has 0 radical (unpaired) electrons. The first-order valence-corrected chi connectivity index (χ1v) is 13.8. The molecule has 6 rings (SSSR count). The number of amides is 2. The molecule has 1 aliphatic carbocycles. The lowest BCUT2D eigenvalue weighted by atomic mass is 9.89. The summed E-state index contributed by atoms with van der Waals surface area (Å²) in [5.74, 6) is 0.781. The molecule has 0 bridgehead atoms. The molecule has 4 heterocycles. The predicted molar refractivity (Wildman–Crippen MR) is 143 cm³/mol. The van der Waals surface area contributed by atoms with Gasteiger partial charge in [0.05, 0.1) is 17.0 Å². The van der Waals surface area contributed by atoms with Crippen molar-refractivity contribution in [2.24, 2.45) is 5.92 Å². The zero-order chi connectivity index (χ0) is 25.0. The Morgan fingerprint density at radius 2 is 2.08 bits per heavy atom. The maximum atomic E-state index is 12.8. The molecule has 10 heteroatoms. The van der Waals surface area contributed by atoms with Crippen molar-refractivity contribution in [2.45, 2.75) is 51.9 Å². The van der Waals surface area contributed by atoms with Crippen molar-refractivity contribution in [3.05, 3.63) is 55.8 Å². The second kappa shape index (κ2) is 8.94. The van der Waals surface area contributed by atoms with Crippen LogP contribution in [0.15, 0.2) is 28.4 Å². The maximum absolute atomic E-state index is 12.8. The third kappa shape index (κ3) is 4.14. The average molecular weight is 520 g/mol. The Labute approximate surface area is 215 Å². The lowest BCUT2D eigenvalue weighted by Crippen LogP contribution is -2.17. The molecular formula is C26H25N5O3S2. The second-order valence-corrected chi connectivity index (χ2v) is 11.6. The number of carbonyl (C=O) groups is 2. The van der Waals surface area contributed by atoms with Crippen LogP contribution in [0.3, 0.4) is 0 Å². The summed E-state index contributed by atoms with van der Waals surface area (Å²) in [5.41, 5.74) is 4.49. The normalized spacial score (nSPS) is 18.7. The van der Waals surface area contributed by atoms with Gasteiger partial charge < -0.3 is 15.6 Å². The lowest BCUT2D eigenvalue weighted by molar-refractivity contribution is -0.117. The summed E-state index contributed by atoms with van der Waals surface area (Å²) >= 11 is 2.97. The van der Waals surface area contributed by atoms with Gasteiger partial charge in [-0.25, -0.2) is 9.97 Å². The van der Waals surface area contributed by atoms with Gasteiger partial charge in [-0.05, 0) is 55.4 Å². The molecule has 1 aromatic carbocycles. The van der Waals surface area contributed by atoms with Crippen LogP contribution < -0.4 is 16.2 Å². The number of thiophene rings is 1. The lowest BCUT2D eigenvalue weighted by Gasteiger charge is -2.17. The summed E-state index contributed by atoms with van der Waals surface area (Å²) in [6.07, 6.45) is 3.57. The molecule has 2 atom stereocenters. The molecule has 0 saturated heterocycles. The number of hydrogen-bond acceptors (Lipinski definition) is 7. The van der Waals surface area contributed by atoms with Crippen LogP contribution in [0.5, 0.6) is 0 Å². The number of aromatic nitrogens is 3. The number of rotatable bonds is 5. The summed E-state index contributed by atoms with van der Waals surface area (Å²) in [5, 5.41) is 8.85. The van der Waals surface area contributed by atoms with E-state index in [1.165, 1.54) is 16.2 Å². The van der Waals surface area contributed by atoms with E-state index >= 15 is 0 Å². The molecule has 2 amide bonds. The van der Waals surface area contributed by atoms with Crippen LogP contribution in [-0.4, -0.2) is 26.8 Å². The maximum Gasteiger partial charge on any atom is 0.259 e. The van der Waals surface area contributed by atoms with Gasteiger partial charge in [-0.15, -0.1) is 22.7 Å². The third-order valence-corrected chi connectivity index (χ3v) is 8.92. The van der Waals surface area contributed by atoms with Gasteiger partial charge in [-0.1, -0.05) is 13.0 Å². The van der Waals surface area contributed by atoms with Crippen molar-refractivity contribution in [1.29, 1.82) is 0 Å². The first-order chi connectivity index (χ1) is 17.4. The van der Waals surface area contributed by atoms with E-state index < -0.39 is 0 Å². The van der Waals surface area contributed by atoms with Crippen molar-refractivity contribution in [2.75, 3.05) is 10.6 Å². The van der Waals surface area contributed by atoms with Gasteiger partial charge in [0.1, 0.15) is 10.7 Å². The van der Waals surface area contributed by atoms with Crippen LogP contribution in [0.2, 0.25) is 0 Å². The molecule has 3 N–H and O–H groups in total. The number of hydrogen-bond donors (Lipinski definition) is 3. The Morgan fingerprint density at radius 3 is 2.94 bits per heavy atom. The monoisotopic (exact) mass is 519 g/mol. The van der Waals surface area contributed by atoms with E-state index in [1.54, 1.807) is 11.3 Å². The Kier molecular flexibility index (Phi) is 5.72. The van der Waals surface area contributed by atoms with E-state index in [2.05, 4.69) is 32.5 Å². The number of aryl methyl sites for hydroxylation is 2. The Hall–Kier alpha value is -3.37. The van der Waals surface area contributed by atoms with Gasteiger partial charge in [0.2, 0.25) is 11.8 Å². The summed E-state index contributed by atoms with van der Waals surface area (Å²) in [6, 6.07) is 5.78. The van der Waals surface area contributed by atoms with E-state index in [4.69, 9.17) is 0 Å². The molecule has 184 valence electrons. The van der Waals surface area contributed by atoms with E-state index in [0.717, 1.165) is 57.6 Å². The van der Waals surface area contributed by atoms with Crippen molar-refractivity contribution in [3.8, 4) is 11.3 Å². The Morgan fingerprint density at radius 1 is 1.22 bits per heavy atom. The van der Waals surface area contributed by atoms with Crippen LogP contribution in [0.4, 0.5) is 10.8 Å². The summed E-state index contributed by atoms with van der Waals surface area (Å²) in [6.45, 7) is 4.12. The third-order valence-electron chi connectivity index (χ3n) is 7.02. The fourth-order valence-electron chi connectivity index (χ4n) is 4.97. The molecule has 2 unspecified atom stereocenters.